The average molecular weight is 366 g/mol. The van der Waals surface area contributed by atoms with Gasteiger partial charge in [0.2, 0.25) is 12.7 Å². The van der Waals surface area contributed by atoms with Gasteiger partial charge in [0.25, 0.3) is 0 Å². The van der Waals surface area contributed by atoms with E-state index in [-0.39, 0.29) is 12.7 Å². The van der Waals surface area contributed by atoms with Crippen LogP contribution in [0.4, 0.5) is 5.69 Å². The Morgan fingerprint density at radius 2 is 2.07 bits per heavy atom. The summed E-state index contributed by atoms with van der Waals surface area (Å²) in [5.41, 5.74) is 4.61. The van der Waals surface area contributed by atoms with Crippen LogP contribution in [0, 0.1) is 6.92 Å². The summed E-state index contributed by atoms with van der Waals surface area (Å²) in [5.74, 6) is 1.83. The lowest BCUT2D eigenvalue weighted by Gasteiger charge is -2.11. The molecule has 27 heavy (non-hydrogen) atoms. The minimum Gasteiger partial charge on any atom is -0.495 e. The van der Waals surface area contributed by atoms with Gasteiger partial charge in [-0.1, -0.05) is 5.21 Å². The third kappa shape index (κ3) is 3.05. The smallest absolute Gasteiger partial charge is 0.231 e. The molecule has 0 unspecified atom stereocenters. The van der Waals surface area contributed by atoms with E-state index in [1.165, 1.54) is 6.92 Å². The molecule has 4 rings (SSSR count). The molecule has 2 heterocycles. The molecule has 0 bridgehead atoms. The summed E-state index contributed by atoms with van der Waals surface area (Å²) in [6.07, 6.45) is 0. The highest BCUT2D eigenvalue weighted by Crippen LogP contribution is 2.41. The van der Waals surface area contributed by atoms with Gasteiger partial charge in [-0.25, -0.2) is 0 Å². The molecule has 8 nitrogen and oxygen atoms in total. The van der Waals surface area contributed by atoms with E-state index in [9.17, 15) is 4.79 Å². The van der Waals surface area contributed by atoms with Crippen molar-refractivity contribution in [1.29, 1.82) is 0 Å². The minimum absolute atomic E-state index is 0.181. The number of carbonyl (C=O) groups is 1. The molecule has 2 aromatic carbocycles. The maximum atomic E-state index is 11.5. The number of hydrogen-bond donors (Lipinski definition) is 2. The molecule has 0 atom stereocenters. The summed E-state index contributed by atoms with van der Waals surface area (Å²) in [6, 6.07) is 9.35. The predicted octanol–water partition coefficient (Wildman–Crippen LogP) is 3.14. The molecule has 1 aromatic heterocycles. The molecule has 8 heteroatoms. The lowest BCUT2D eigenvalue weighted by molar-refractivity contribution is -0.114. The van der Waals surface area contributed by atoms with Gasteiger partial charge < -0.3 is 19.5 Å². The van der Waals surface area contributed by atoms with Crippen molar-refractivity contribution in [3.05, 3.63) is 35.9 Å². The van der Waals surface area contributed by atoms with Gasteiger partial charge in [0, 0.05) is 18.1 Å². The lowest BCUT2D eigenvalue weighted by atomic mass is 10.0. The van der Waals surface area contributed by atoms with Gasteiger partial charge >= 0.3 is 0 Å². The highest BCUT2D eigenvalue weighted by molar-refractivity contribution is 5.92. The van der Waals surface area contributed by atoms with Crippen LogP contribution in [0.15, 0.2) is 30.3 Å². The number of fused-ring (bicyclic) bond motifs is 1. The fraction of sp³-hybridized carbons (Fsp3) is 0.211. The molecule has 0 aliphatic carbocycles. The Bertz CT molecular complexity index is 1030. The average Bonchev–Trinajstić information content (AvgIpc) is 3.30. The topological polar surface area (TPSA) is 98.4 Å². The number of benzene rings is 2. The molecule has 0 spiro atoms. The van der Waals surface area contributed by atoms with E-state index in [4.69, 9.17) is 14.2 Å². The zero-order chi connectivity index (χ0) is 19.0. The zero-order valence-electron chi connectivity index (χ0n) is 15.1. The molecule has 3 aromatic rings. The van der Waals surface area contributed by atoms with E-state index >= 15 is 0 Å². The number of nitrogens with one attached hydrogen (secondary N) is 2. The first-order valence-corrected chi connectivity index (χ1v) is 8.34. The fourth-order valence-electron chi connectivity index (χ4n) is 3.10. The molecule has 0 fully saturated rings. The van der Waals surface area contributed by atoms with Crippen molar-refractivity contribution in [2.45, 2.75) is 13.8 Å². The van der Waals surface area contributed by atoms with Crippen molar-refractivity contribution in [3.63, 3.8) is 0 Å². The first-order chi connectivity index (χ1) is 13.1. The van der Waals surface area contributed by atoms with E-state index < -0.39 is 0 Å². The van der Waals surface area contributed by atoms with Crippen LogP contribution in [0.5, 0.6) is 17.2 Å². The van der Waals surface area contributed by atoms with Gasteiger partial charge in [-0.15, -0.1) is 5.10 Å². The van der Waals surface area contributed by atoms with Crippen molar-refractivity contribution < 1.29 is 19.0 Å². The van der Waals surface area contributed by atoms with Crippen LogP contribution < -0.4 is 19.5 Å². The van der Waals surface area contributed by atoms with Crippen molar-refractivity contribution >= 4 is 11.6 Å². The van der Waals surface area contributed by atoms with Gasteiger partial charge in [-0.2, -0.15) is 0 Å². The molecule has 2 N–H and O–H groups in total. The Hall–Kier alpha value is -3.55. The van der Waals surface area contributed by atoms with Gasteiger partial charge in [-0.3, -0.25) is 9.89 Å². The Balaban J connectivity index is 1.79. The minimum atomic E-state index is -0.181. The summed E-state index contributed by atoms with van der Waals surface area (Å²) >= 11 is 0. The SMILES string of the molecule is COc1ccc(-c2[nH]nnc2-c2cc(C)c3c(c2)OCO3)cc1NC(C)=O. The zero-order valence-corrected chi connectivity index (χ0v) is 15.1. The number of anilines is 1. The maximum absolute atomic E-state index is 11.5. The number of aromatic amines is 1. The number of methoxy groups -OCH3 is 1. The fourth-order valence-corrected chi connectivity index (χ4v) is 3.10. The predicted molar refractivity (Wildman–Crippen MR) is 99.0 cm³/mol. The van der Waals surface area contributed by atoms with Crippen LogP contribution in [0.3, 0.4) is 0 Å². The highest BCUT2D eigenvalue weighted by Gasteiger charge is 2.21. The summed E-state index contributed by atoms with van der Waals surface area (Å²) < 4.78 is 16.3. The van der Waals surface area contributed by atoms with E-state index in [2.05, 4.69) is 20.7 Å². The number of H-pyrrole nitrogens is 1. The standard InChI is InChI=1S/C19H18N4O4/c1-10-6-13(8-16-19(10)27-9-26-16)18-17(21-23-22-18)12-4-5-15(25-3)14(7-12)20-11(2)24/h4-8H,9H2,1-3H3,(H,20,24)(H,21,22,23). The van der Waals surface area contributed by atoms with E-state index in [0.29, 0.717) is 22.9 Å². The number of ether oxygens (including phenoxy) is 3. The largest absolute Gasteiger partial charge is 0.495 e. The highest BCUT2D eigenvalue weighted by atomic mass is 16.7. The quantitative estimate of drug-likeness (QED) is 0.736. The van der Waals surface area contributed by atoms with Crippen molar-refractivity contribution in [2.75, 3.05) is 19.2 Å². The van der Waals surface area contributed by atoms with E-state index in [0.717, 1.165) is 28.1 Å². The van der Waals surface area contributed by atoms with Gasteiger partial charge in [-0.05, 0) is 42.8 Å². The number of aromatic nitrogens is 3. The molecular formula is C19H18N4O4. The summed E-state index contributed by atoms with van der Waals surface area (Å²) in [4.78, 5) is 11.5. The van der Waals surface area contributed by atoms with Crippen LogP contribution in [0.25, 0.3) is 22.5 Å². The number of rotatable bonds is 4. The first kappa shape index (κ1) is 16.9. The third-order valence-electron chi connectivity index (χ3n) is 4.28. The number of hydrogen-bond acceptors (Lipinski definition) is 6. The summed E-state index contributed by atoms with van der Waals surface area (Å²) in [6.45, 7) is 3.62. The maximum Gasteiger partial charge on any atom is 0.231 e. The number of nitrogens with zero attached hydrogens (tertiary/aromatic N) is 2. The lowest BCUT2D eigenvalue weighted by Crippen LogP contribution is -2.07. The number of aryl methyl sites for hydroxylation is 1. The number of amides is 1. The van der Waals surface area contributed by atoms with Crippen LogP contribution >= 0.6 is 0 Å². The van der Waals surface area contributed by atoms with Gasteiger partial charge in [0.15, 0.2) is 11.5 Å². The molecule has 0 saturated heterocycles. The summed E-state index contributed by atoms with van der Waals surface area (Å²) in [5, 5.41) is 13.9. The molecule has 0 saturated carbocycles. The van der Waals surface area contributed by atoms with Gasteiger partial charge in [0.05, 0.1) is 18.5 Å². The van der Waals surface area contributed by atoms with Crippen molar-refractivity contribution in [2.24, 2.45) is 0 Å². The second kappa shape index (κ2) is 6.64. The molecule has 1 amide bonds. The Kier molecular flexibility index (Phi) is 4.15. The first-order valence-electron chi connectivity index (χ1n) is 8.34. The van der Waals surface area contributed by atoms with Gasteiger partial charge in [0.1, 0.15) is 11.4 Å². The second-order valence-electron chi connectivity index (χ2n) is 6.16. The number of carbonyl (C=O) groups excluding carboxylic acids is 1. The van der Waals surface area contributed by atoms with Crippen LogP contribution in [-0.4, -0.2) is 35.2 Å². The molecule has 1 aliphatic heterocycles. The Labute approximate surface area is 155 Å². The Morgan fingerprint density at radius 1 is 1.22 bits per heavy atom. The van der Waals surface area contributed by atoms with Crippen LogP contribution in [-0.2, 0) is 4.79 Å². The second-order valence-corrected chi connectivity index (χ2v) is 6.16. The van der Waals surface area contributed by atoms with E-state index in [1.54, 1.807) is 13.2 Å². The third-order valence-corrected chi connectivity index (χ3v) is 4.28. The normalized spacial score (nSPS) is 12.1. The van der Waals surface area contributed by atoms with Crippen molar-refractivity contribution in [1.82, 2.24) is 15.4 Å². The molecule has 1 aliphatic rings. The summed E-state index contributed by atoms with van der Waals surface area (Å²) in [7, 11) is 1.55. The molecular weight excluding hydrogens is 348 g/mol. The van der Waals surface area contributed by atoms with E-state index in [1.807, 2.05) is 31.2 Å². The van der Waals surface area contributed by atoms with Crippen LogP contribution in [0.2, 0.25) is 0 Å². The molecule has 138 valence electrons. The van der Waals surface area contributed by atoms with Crippen LogP contribution in [0.1, 0.15) is 12.5 Å². The molecule has 0 radical (unpaired) electrons. The monoisotopic (exact) mass is 366 g/mol. The Morgan fingerprint density at radius 3 is 2.85 bits per heavy atom. The van der Waals surface area contributed by atoms with Crippen molar-refractivity contribution in [3.8, 4) is 39.8 Å².